The monoisotopic (exact) mass is 275 g/mol. The Morgan fingerprint density at radius 3 is 2.32 bits per heavy atom. The van der Waals surface area contributed by atoms with Crippen molar-refractivity contribution in [3.05, 3.63) is 39.8 Å². The number of aryl methyl sites for hydroxylation is 2. The molecule has 19 heavy (non-hydrogen) atoms. The van der Waals surface area contributed by atoms with Gasteiger partial charge in [-0.2, -0.15) is 0 Å². The van der Waals surface area contributed by atoms with Crippen LogP contribution in [0.4, 0.5) is 5.00 Å². The molecule has 2 aromatic rings. The molecule has 2 N–H and O–H groups in total. The number of benzene rings is 1. The van der Waals surface area contributed by atoms with Gasteiger partial charge in [-0.3, -0.25) is 0 Å². The number of esters is 1. The average Bonchev–Trinajstić information content (AvgIpc) is 2.76. The van der Waals surface area contributed by atoms with Crippen molar-refractivity contribution in [2.45, 2.75) is 20.8 Å². The normalized spacial score (nSPS) is 10.5. The number of carbonyl (C=O) groups is 1. The summed E-state index contributed by atoms with van der Waals surface area (Å²) in [6.45, 7) is 6.23. The molecule has 1 aromatic heterocycles. The number of methoxy groups -OCH3 is 1. The second-order valence-corrected chi connectivity index (χ2v) is 5.53. The lowest BCUT2D eigenvalue weighted by atomic mass is 9.96. The SMILES string of the molecule is COC(=O)c1c(-c2cc(C)c(C)c(C)c2)csc1N. The topological polar surface area (TPSA) is 52.3 Å². The Bertz CT molecular complexity index is 621. The second-order valence-electron chi connectivity index (χ2n) is 4.62. The van der Waals surface area contributed by atoms with E-state index in [0.29, 0.717) is 10.6 Å². The maximum atomic E-state index is 11.8. The molecule has 0 aliphatic heterocycles. The van der Waals surface area contributed by atoms with Crippen LogP contribution in [0.15, 0.2) is 17.5 Å². The van der Waals surface area contributed by atoms with E-state index in [4.69, 9.17) is 10.5 Å². The second kappa shape index (κ2) is 5.05. The summed E-state index contributed by atoms with van der Waals surface area (Å²) in [7, 11) is 1.37. The zero-order valence-corrected chi connectivity index (χ0v) is 12.4. The standard InChI is InChI=1S/C15H17NO2S/c1-8-5-11(6-9(2)10(8)3)12-7-19-14(16)13(12)15(17)18-4/h5-7H,16H2,1-4H3. The minimum atomic E-state index is -0.385. The van der Waals surface area contributed by atoms with Crippen molar-refractivity contribution in [1.29, 1.82) is 0 Å². The van der Waals surface area contributed by atoms with Crippen molar-refractivity contribution in [3.8, 4) is 11.1 Å². The molecule has 100 valence electrons. The van der Waals surface area contributed by atoms with E-state index in [9.17, 15) is 4.79 Å². The van der Waals surface area contributed by atoms with Crippen molar-refractivity contribution in [3.63, 3.8) is 0 Å². The Balaban J connectivity index is 2.63. The third kappa shape index (κ3) is 2.36. The smallest absolute Gasteiger partial charge is 0.341 e. The third-order valence-corrected chi connectivity index (χ3v) is 4.26. The Morgan fingerprint density at radius 2 is 1.79 bits per heavy atom. The number of carbonyl (C=O) groups excluding carboxylic acids is 1. The first-order valence-corrected chi connectivity index (χ1v) is 6.87. The first-order chi connectivity index (χ1) is 8.95. The van der Waals surface area contributed by atoms with Crippen LogP contribution >= 0.6 is 11.3 Å². The van der Waals surface area contributed by atoms with Gasteiger partial charge in [0.15, 0.2) is 0 Å². The molecule has 0 saturated heterocycles. The van der Waals surface area contributed by atoms with Crippen molar-refractivity contribution >= 4 is 22.3 Å². The highest BCUT2D eigenvalue weighted by Gasteiger charge is 2.19. The van der Waals surface area contributed by atoms with Crippen molar-refractivity contribution in [2.75, 3.05) is 12.8 Å². The summed E-state index contributed by atoms with van der Waals surface area (Å²) in [5.41, 5.74) is 11.9. The summed E-state index contributed by atoms with van der Waals surface area (Å²) in [5.74, 6) is -0.385. The van der Waals surface area contributed by atoms with Crippen LogP contribution in [0.1, 0.15) is 27.0 Å². The number of hydrogen-bond acceptors (Lipinski definition) is 4. The summed E-state index contributed by atoms with van der Waals surface area (Å²) in [6.07, 6.45) is 0. The van der Waals surface area contributed by atoms with E-state index in [1.807, 2.05) is 5.38 Å². The minimum absolute atomic E-state index is 0.385. The zero-order chi connectivity index (χ0) is 14.2. The van der Waals surface area contributed by atoms with E-state index >= 15 is 0 Å². The molecule has 0 spiro atoms. The van der Waals surface area contributed by atoms with Gasteiger partial charge in [-0.25, -0.2) is 4.79 Å². The minimum Gasteiger partial charge on any atom is -0.465 e. The molecule has 0 atom stereocenters. The van der Waals surface area contributed by atoms with Gasteiger partial charge in [0.2, 0.25) is 0 Å². The van der Waals surface area contributed by atoms with Gasteiger partial charge in [0, 0.05) is 10.9 Å². The lowest BCUT2D eigenvalue weighted by Crippen LogP contribution is -2.04. The molecule has 2 rings (SSSR count). The highest BCUT2D eigenvalue weighted by atomic mass is 32.1. The number of nitrogens with two attached hydrogens (primary N) is 1. The van der Waals surface area contributed by atoms with Gasteiger partial charge in [0.25, 0.3) is 0 Å². The van der Waals surface area contributed by atoms with Crippen LogP contribution in [-0.4, -0.2) is 13.1 Å². The molecular formula is C15H17NO2S. The fraction of sp³-hybridized carbons (Fsp3) is 0.267. The van der Waals surface area contributed by atoms with Gasteiger partial charge >= 0.3 is 5.97 Å². The van der Waals surface area contributed by atoms with E-state index < -0.39 is 0 Å². The van der Waals surface area contributed by atoms with Gasteiger partial charge in [-0.1, -0.05) is 12.1 Å². The summed E-state index contributed by atoms with van der Waals surface area (Å²) >= 11 is 1.36. The first-order valence-electron chi connectivity index (χ1n) is 5.99. The van der Waals surface area contributed by atoms with Crippen LogP contribution in [0.25, 0.3) is 11.1 Å². The van der Waals surface area contributed by atoms with Crippen molar-refractivity contribution < 1.29 is 9.53 Å². The van der Waals surface area contributed by atoms with Crippen molar-refractivity contribution in [1.82, 2.24) is 0 Å². The molecule has 1 aromatic carbocycles. The van der Waals surface area contributed by atoms with Crippen LogP contribution < -0.4 is 5.73 Å². The molecule has 3 nitrogen and oxygen atoms in total. The van der Waals surface area contributed by atoms with Crippen LogP contribution in [0.5, 0.6) is 0 Å². The van der Waals surface area contributed by atoms with E-state index in [0.717, 1.165) is 11.1 Å². The highest BCUT2D eigenvalue weighted by Crippen LogP contribution is 2.35. The quantitative estimate of drug-likeness (QED) is 0.850. The zero-order valence-electron chi connectivity index (χ0n) is 11.5. The largest absolute Gasteiger partial charge is 0.465 e. The predicted molar refractivity (Wildman–Crippen MR) is 79.7 cm³/mol. The predicted octanol–water partition coefficient (Wildman–Crippen LogP) is 3.71. The van der Waals surface area contributed by atoms with Gasteiger partial charge < -0.3 is 10.5 Å². The molecule has 0 bridgehead atoms. The molecule has 0 fully saturated rings. The van der Waals surface area contributed by atoms with E-state index in [2.05, 4.69) is 32.9 Å². The van der Waals surface area contributed by atoms with E-state index in [1.54, 1.807) is 0 Å². The van der Waals surface area contributed by atoms with E-state index in [1.165, 1.54) is 35.1 Å². The van der Waals surface area contributed by atoms with Crippen LogP contribution in [0.3, 0.4) is 0 Å². The summed E-state index contributed by atoms with van der Waals surface area (Å²) in [5, 5.41) is 2.41. The Kier molecular flexibility index (Phi) is 3.62. The van der Waals surface area contributed by atoms with Crippen LogP contribution in [0, 0.1) is 20.8 Å². The Morgan fingerprint density at radius 1 is 1.21 bits per heavy atom. The highest BCUT2D eigenvalue weighted by molar-refractivity contribution is 7.14. The summed E-state index contributed by atoms with van der Waals surface area (Å²) < 4.78 is 4.81. The molecule has 0 radical (unpaired) electrons. The summed E-state index contributed by atoms with van der Waals surface area (Å²) in [6, 6.07) is 4.16. The number of thiophene rings is 1. The molecular weight excluding hydrogens is 258 g/mol. The summed E-state index contributed by atoms with van der Waals surface area (Å²) in [4.78, 5) is 11.8. The van der Waals surface area contributed by atoms with Crippen LogP contribution in [-0.2, 0) is 4.74 Å². The lowest BCUT2D eigenvalue weighted by molar-refractivity contribution is 0.0603. The number of rotatable bonds is 2. The number of anilines is 1. The van der Waals surface area contributed by atoms with Gasteiger partial charge in [-0.15, -0.1) is 11.3 Å². The number of hydrogen-bond donors (Lipinski definition) is 1. The van der Waals surface area contributed by atoms with Gasteiger partial charge in [-0.05, 0) is 43.0 Å². The average molecular weight is 275 g/mol. The number of ether oxygens (including phenoxy) is 1. The van der Waals surface area contributed by atoms with Crippen LogP contribution in [0.2, 0.25) is 0 Å². The molecule has 4 heteroatoms. The molecule has 1 heterocycles. The lowest BCUT2D eigenvalue weighted by Gasteiger charge is -2.10. The Labute approximate surface area is 117 Å². The number of nitrogen functional groups attached to an aromatic ring is 1. The molecule has 0 amide bonds. The van der Waals surface area contributed by atoms with Gasteiger partial charge in [0.05, 0.1) is 7.11 Å². The third-order valence-electron chi connectivity index (χ3n) is 3.45. The van der Waals surface area contributed by atoms with Gasteiger partial charge in [0.1, 0.15) is 10.6 Å². The molecule has 0 aliphatic rings. The molecule has 0 unspecified atom stereocenters. The maximum absolute atomic E-state index is 11.8. The van der Waals surface area contributed by atoms with Crippen molar-refractivity contribution in [2.24, 2.45) is 0 Å². The fourth-order valence-corrected chi connectivity index (χ4v) is 2.90. The molecule has 0 aliphatic carbocycles. The fourth-order valence-electron chi connectivity index (χ4n) is 2.09. The molecule has 0 saturated carbocycles. The van der Waals surface area contributed by atoms with E-state index in [-0.39, 0.29) is 5.97 Å². The maximum Gasteiger partial charge on any atom is 0.341 e. The first kappa shape index (κ1) is 13.6. The Hall–Kier alpha value is -1.81.